The molecular weight excluding hydrogens is 280 g/mol. The van der Waals surface area contributed by atoms with Gasteiger partial charge in [-0.2, -0.15) is 5.10 Å². The van der Waals surface area contributed by atoms with E-state index >= 15 is 0 Å². The highest BCUT2D eigenvalue weighted by atomic mass is 16.3. The standard InChI is InChI=1S/C16H18N4O2/c1-19-9-8-15(18-19)17-16(22)20-10-6-13(7-11-20)12-2-4-14(21)5-3-12/h2-6,8-9,21H,7,10-11H2,1H3,(H,17,18,22). The molecular formula is C16H18N4O2. The molecule has 1 aliphatic rings. The highest BCUT2D eigenvalue weighted by Gasteiger charge is 2.18. The molecule has 2 N–H and O–H groups in total. The van der Waals surface area contributed by atoms with Crippen molar-refractivity contribution in [2.45, 2.75) is 6.42 Å². The van der Waals surface area contributed by atoms with Gasteiger partial charge in [0.15, 0.2) is 5.82 Å². The van der Waals surface area contributed by atoms with Crippen molar-refractivity contribution < 1.29 is 9.90 Å². The number of phenols is 1. The van der Waals surface area contributed by atoms with E-state index in [9.17, 15) is 9.90 Å². The number of aryl methyl sites for hydroxylation is 1. The van der Waals surface area contributed by atoms with Crippen LogP contribution in [-0.4, -0.2) is 38.9 Å². The summed E-state index contributed by atoms with van der Waals surface area (Å²) in [5.74, 6) is 0.817. The number of nitrogens with zero attached hydrogens (tertiary/aromatic N) is 3. The average molecular weight is 298 g/mol. The normalized spacial score (nSPS) is 14.6. The van der Waals surface area contributed by atoms with Crippen molar-refractivity contribution in [2.24, 2.45) is 7.05 Å². The molecule has 22 heavy (non-hydrogen) atoms. The molecule has 1 aromatic heterocycles. The van der Waals surface area contributed by atoms with Crippen molar-refractivity contribution >= 4 is 17.4 Å². The first-order valence-corrected chi connectivity index (χ1v) is 7.16. The third-order valence-corrected chi connectivity index (χ3v) is 3.68. The molecule has 0 fully saturated rings. The third-order valence-electron chi connectivity index (χ3n) is 3.68. The van der Waals surface area contributed by atoms with Gasteiger partial charge in [0.05, 0.1) is 0 Å². The number of aromatic nitrogens is 2. The molecule has 0 atom stereocenters. The molecule has 0 unspecified atom stereocenters. The van der Waals surface area contributed by atoms with Gasteiger partial charge in [0.25, 0.3) is 0 Å². The van der Waals surface area contributed by atoms with Crippen molar-refractivity contribution in [3.63, 3.8) is 0 Å². The van der Waals surface area contributed by atoms with Crippen LogP contribution in [0.3, 0.4) is 0 Å². The van der Waals surface area contributed by atoms with Gasteiger partial charge in [-0.25, -0.2) is 4.79 Å². The highest BCUT2D eigenvalue weighted by molar-refractivity contribution is 5.89. The second-order valence-electron chi connectivity index (χ2n) is 5.28. The number of aromatic hydroxyl groups is 1. The fourth-order valence-electron chi connectivity index (χ4n) is 2.46. The molecule has 1 aromatic carbocycles. The lowest BCUT2D eigenvalue weighted by Gasteiger charge is -2.26. The molecule has 2 aromatic rings. The molecule has 0 saturated heterocycles. The Kier molecular flexibility index (Phi) is 3.82. The molecule has 0 saturated carbocycles. The monoisotopic (exact) mass is 298 g/mol. The molecule has 6 heteroatoms. The van der Waals surface area contributed by atoms with Crippen molar-refractivity contribution in [2.75, 3.05) is 18.4 Å². The van der Waals surface area contributed by atoms with E-state index in [0.29, 0.717) is 18.9 Å². The van der Waals surface area contributed by atoms with E-state index in [2.05, 4.69) is 10.4 Å². The first kappa shape index (κ1) is 14.2. The Morgan fingerprint density at radius 2 is 2.05 bits per heavy atom. The number of anilines is 1. The van der Waals surface area contributed by atoms with Crippen molar-refractivity contribution in [3.05, 3.63) is 48.2 Å². The van der Waals surface area contributed by atoms with Gasteiger partial charge in [0, 0.05) is 32.4 Å². The van der Waals surface area contributed by atoms with Crippen molar-refractivity contribution in [1.82, 2.24) is 14.7 Å². The molecule has 0 aliphatic carbocycles. The second-order valence-corrected chi connectivity index (χ2v) is 5.28. The topological polar surface area (TPSA) is 70.4 Å². The molecule has 3 rings (SSSR count). The number of nitrogens with one attached hydrogen (secondary N) is 1. The summed E-state index contributed by atoms with van der Waals surface area (Å²) in [6.07, 6.45) is 4.63. The Balaban J connectivity index is 1.62. The van der Waals surface area contributed by atoms with Crippen LogP contribution in [0.1, 0.15) is 12.0 Å². The lowest BCUT2D eigenvalue weighted by Crippen LogP contribution is -2.38. The Labute approximate surface area is 128 Å². The molecule has 0 radical (unpaired) electrons. The summed E-state index contributed by atoms with van der Waals surface area (Å²) in [5.41, 5.74) is 2.28. The third kappa shape index (κ3) is 3.11. The van der Waals surface area contributed by atoms with Crippen LogP contribution in [0.25, 0.3) is 5.57 Å². The van der Waals surface area contributed by atoms with E-state index in [-0.39, 0.29) is 11.8 Å². The Bertz CT molecular complexity index is 703. The fraction of sp³-hybridized carbons (Fsp3) is 0.250. The summed E-state index contributed by atoms with van der Waals surface area (Å²) in [6, 6.07) is 8.77. The van der Waals surface area contributed by atoms with E-state index in [1.807, 2.05) is 25.3 Å². The first-order valence-electron chi connectivity index (χ1n) is 7.16. The van der Waals surface area contributed by atoms with Crippen LogP contribution < -0.4 is 5.32 Å². The maximum Gasteiger partial charge on any atom is 0.323 e. The smallest absolute Gasteiger partial charge is 0.323 e. The van der Waals surface area contributed by atoms with E-state index in [4.69, 9.17) is 0 Å². The number of carbonyl (C=O) groups excluding carboxylic acids is 1. The number of hydrogen-bond donors (Lipinski definition) is 2. The lowest BCUT2D eigenvalue weighted by atomic mass is 9.99. The summed E-state index contributed by atoms with van der Waals surface area (Å²) in [7, 11) is 1.81. The number of carbonyl (C=O) groups is 1. The van der Waals surface area contributed by atoms with Gasteiger partial charge in [0.1, 0.15) is 5.75 Å². The largest absolute Gasteiger partial charge is 0.508 e. The summed E-state index contributed by atoms with van der Waals surface area (Å²) < 4.78 is 1.65. The maximum atomic E-state index is 12.2. The summed E-state index contributed by atoms with van der Waals surface area (Å²) in [6.45, 7) is 1.22. The Morgan fingerprint density at radius 3 is 2.64 bits per heavy atom. The number of hydrogen-bond acceptors (Lipinski definition) is 3. The predicted octanol–water partition coefficient (Wildman–Crippen LogP) is 2.45. The average Bonchev–Trinajstić information content (AvgIpc) is 2.93. The summed E-state index contributed by atoms with van der Waals surface area (Å²) in [4.78, 5) is 13.9. The van der Waals surface area contributed by atoms with Gasteiger partial charge < -0.3 is 10.0 Å². The molecule has 6 nitrogen and oxygen atoms in total. The van der Waals surface area contributed by atoms with E-state index in [0.717, 1.165) is 12.0 Å². The maximum absolute atomic E-state index is 12.2. The second kappa shape index (κ2) is 5.93. The summed E-state index contributed by atoms with van der Waals surface area (Å²) >= 11 is 0. The Morgan fingerprint density at radius 1 is 1.27 bits per heavy atom. The van der Waals surface area contributed by atoms with Crippen molar-refractivity contribution in [1.29, 1.82) is 0 Å². The van der Waals surface area contributed by atoms with Crippen LogP contribution in [0.5, 0.6) is 5.75 Å². The highest BCUT2D eigenvalue weighted by Crippen LogP contribution is 2.24. The zero-order chi connectivity index (χ0) is 15.5. The predicted molar refractivity (Wildman–Crippen MR) is 84.5 cm³/mol. The van der Waals surface area contributed by atoms with Crippen LogP contribution in [-0.2, 0) is 7.05 Å². The van der Waals surface area contributed by atoms with Gasteiger partial charge in [-0.1, -0.05) is 18.2 Å². The van der Waals surface area contributed by atoms with Crippen LogP contribution in [0, 0.1) is 0 Å². The number of benzene rings is 1. The molecule has 0 bridgehead atoms. The minimum atomic E-state index is -0.139. The van der Waals surface area contributed by atoms with Gasteiger partial charge >= 0.3 is 6.03 Å². The zero-order valence-electron chi connectivity index (χ0n) is 12.4. The van der Waals surface area contributed by atoms with Crippen molar-refractivity contribution in [3.8, 4) is 5.75 Å². The minimum Gasteiger partial charge on any atom is -0.508 e. The van der Waals surface area contributed by atoms with Gasteiger partial charge in [0.2, 0.25) is 0 Å². The summed E-state index contributed by atoms with van der Waals surface area (Å²) in [5, 5.41) is 16.2. The number of amides is 2. The SMILES string of the molecule is Cn1ccc(NC(=O)N2CC=C(c3ccc(O)cc3)CC2)n1. The van der Waals surface area contributed by atoms with Crippen LogP contribution in [0.15, 0.2) is 42.6 Å². The van der Waals surface area contributed by atoms with Gasteiger partial charge in [-0.3, -0.25) is 10.00 Å². The number of urea groups is 1. The molecule has 2 amide bonds. The van der Waals surface area contributed by atoms with Crippen LogP contribution >= 0.6 is 0 Å². The lowest BCUT2D eigenvalue weighted by molar-refractivity contribution is 0.217. The van der Waals surface area contributed by atoms with E-state index in [1.165, 1.54) is 5.57 Å². The van der Waals surface area contributed by atoms with Crippen LogP contribution in [0.2, 0.25) is 0 Å². The molecule has 114 valence electrons. The van der Waals surface area contributed by atoms with E-state index in [1.54, 1.807) is 34.0 Å². The minimum absolute atomic E-state index is 0.139. The number of rotatable bonds is 2. The molecule has 2 heterocycles. The van der Waals surface area contributed by atoms with Gasteiger partial charge in [-0.15, -0.1) is 0 Å². The first-order chi connectivity index (χ1) is 10.6. The van der Waals surface area contributed by atoms with Gasteiger partial charge in [-0.05, 0) is 29.7 Å². The zero-order valence-corrected chi connectivity index (χ0v) is 12.4. The Hall–Kier alpha value is -2.76. The molecule has 0 spiro atoms. The van der Waals surface area contributed by atoms with E-state index < -0.39 is 0 Å². The fourth-order valence-corrected chi connectivity index (χ4v) is 2.46. The molecule has 1 aliphatic heterocycles. The quantitative estimate of drug-likeness (QED) is 0.894. The number of phenolic OH excluding ortho intramolecular Hbond substituents is 1. The van der Waals surface area contributed by atoms with Crippen LogP contribution in [0.4, 0.5) is 10.6 Å².